The molecule has 0 aliphatic carbocycles. The molecule has 3 amide bonds. The molecule has 2 aliphatic rings. The first-order valence-electron chi connectivity index (χ1n) is 12.5. The molecule has 3 aromatic rings. The number of carbonyl (C=O) groups excluding carboxylic acids is 2. The number of urea groups is 1. The van der Waals surface area contributed by atoms with Gasteiger partial charge in [0.1, 0.15) is 0 Å². The van der Waals surface area contributed by atoms with Crippen molar-refractivity contribution in [3.63, 3.8) is 0 Å². The summed E-state index contributed by atoms with van der Waals surface area (Å²) in [6.45, 7) is 7.69. The fraction of sp³-hybridized carbons (Fsp3) is 0.310. The fourth-order valence-electron chi connectivity index (χ4n) is 5.21. The van der Waals surface area contributed by atoms with E-state index in [0.29, 0.717) is 36.6 Å². The number of hydrogen-bond acceptors (Lipinski definition) is 4. The van der Waals surface area contributed by atoms with Gasteiger partial charge in [0.2, 0.25) is 0 Å². The largest absolute Gasteiger partial charge is 0.365 e. The first-order valence-corrected chi connectivity index (χ1v) is 12.5. The van der Waals surface area contributed by atoms with Crippen LogP contribution < -0.4 is 15.1 Å². The van der Waals surface area contributed by atoms with Gasteiger partial charge in [0.25, 0.3) is 11.6 Å². The van der Waals surface area contributed by atoms with Crippen molar-refractivity contribution in [2.24, 2.45) is 0 Å². The summed E-state index contributed by atoms with van der Waals surface area (Å²) < 4.78 is 0. The Hall–Kier alpha value is -3.84. The lowest BCUT2D eigenvalue weighted by Gasteiger charge is -2.47. The van der Waals surface area contributed by atoms with Gasteiger partial charge in [0, 0.05) is 42.6 Å². The Morgan fingerprint density at radius 3 is 2.33 bits per heavy atom. The van der Waals surface area contributed by atoms with E-state index >= 15 is 0 Å². The molecule has 3 aromatic carbocycles. The number of rotatable bonds is 4. The van der Waals surface area contributed by atoms with Crippen LogP contribution in [0.1, 0.15) is 30.5 Å². The van der Waals surface area contributed by atoms with Crippen molar-refractivity contribution in [3.8, 4) is 0 Å². The number of para-hydroxylation sites is 1. The minimum Gasteiger partial charge on any atom is -0.365 e. The quantitative estimate of drug-likeness (QED) is 0.572. The number of fused-ring (bicyclic) bond motifs is 1. The molecule has 0 aromatic heterocycles. The topological polar surface area (TPSA) is 76.1 Å². The number of benzene rings is 3. The number of nitrogens with zero attached hydrogens (tertiary/aromatic N) is 3. The third-order valence-corrected chi connectivity index (χ3v) is 7.25. The molecule has 2 heterocycles. The Bertz CT molecular complexity index is 1270. The summed E-state index contributed by atoms with van der Waals surface area (Å²) in [4.78, 5) is 32.6. The summed E-state index contributed by atoms with van der Waals surface area (Å²) in [5.74, 6) is -0.500. The molecule has 7 heteroatoms. The van der Waals surface area contributed by atoms with Crippen molar-refractivity contribution in [1.82, 2.24) is 4.90 Å². The second kappa shape index (κ2) is 9.32. The number of carbonyl (C=O) groups is 2. The van der Waals surface area contributed by atoms with Crippen LogP contribution in [0.5, 0.6) is 0 Å². The maximum Gasteiger partial charge on any atom is 0.329 e. The predicted octanol–water partition coefficient (Wildman–Crippen LogP) is 4.49. The summed E-state index contributed by atoms with van der Waals surface area (Å²) in [7, 11) is 0. The molecule has 2 unspecified atom stereocenters. The molecule has 0 spiro atoms. The van der Waals surface area contributed by atoms with E-state index in [1.807, 2.05) is 12.1 Å². The lowest BCUT2D eigenvalue weighted by Crippen LogP contribution is -2.66. The van der Waals surface area contributed by atoms with Crippen LogP contribution in [0.25, 0.3) is 0 Å². The van der Waals surface area contributed by atoms with Gasteiger partial charge in [-0.05, 0) is 56.2 Å². The predicted molar refractivity (Wildman–Crippen MR) is 142 cm³/mol. The van der Waals surface area contributed by atoms with E-state index in [-0.39, 0.29) is 6.04 Å². The SMILES string of the molecule is CCc1ccc(N2C(=O)Nc3ccccc3C2(O)C(=O)N2CCN(c3ccc(C)cc3)C(C)C2)cc1. The van der Waals surface area contributed by atoms with Gasteiger partial charge in [0.15, 0.2) is 0 Å². The van der Waals surface area contributed by atoms with Crippen LogP contribution in [0, 0.1) is 6.92 Å². The molecule has 1 saturated heterocycles. The molecule has 2 atom stereocenters. The van der Waals surface area contributed by atoms with Crippen molar-refractivity contribution in [1.29, 1.82) is 0 Å². The summed E-state index contributed by atoms with van der Waals surface area (Å²) in [5, 5.41) is 15.1. The van der Waals surface area contributed by atoms with Gasteiger partial charge in [-0.25, -0.2) is 4.79 Å². The molecule has 36 heavy (non-hydrogen) atoms. The number of amides is 3. The summed E-state index contributed by atoms with van der Waals surface area (Å²) in [6, 6.07) is 22.2. The molecule has 186 valence electrons. The molecule has 2 aliphatic heterocycles. The van der Waals surface area contributed by atoms with Gasteiger partial charge in [-0.1, -0.05) is 55.0 Å². The second-order valence-electron chi connectivity index (χ2n) is 9.63. The molecule has 7 nitrogen and oxygen atoms in total. The summed E-state index contributed by atoms with van der Waals surface area (Å²) >= 11 is 0. The molecule has 2 N–H and O–H groups in total. The Morgan fingerprint density at radius 2 is 1.67 bits per heavy atom. The zero-order valence-electron chi connectivity index (χ0n) is 20.9. The van der Waals surface area contributed by atoms with Crippen molar-refractivity contribution in [2.75, 3.05) is 34.8 Å². The Balaban J connectivity index is 1.50. The maximum atomic E-state index is 14.2. The highest BCUT2D eigenvalue weighted by Gasteiger charge is 2.54. The normalized spacial score (nSPS) is 21.7. The standard InChI is InChI=1S/C29H32N4O3/c1-4-22-11-15-24(16-12-22)33-28(35)30-26-8-6-5-7-25(26)29(33,36)27(34)31-17-18-32(21(3)19-31)23-13-9-20(2)10-14-23/h5-16,21,36H,4,17-19H2,1-3H3,(H,30,35). The van der Waals surface area contributed by atoms with Crippen molar-refractivity contribution < 1.29 is 14.7 Å². The zero-order valence-corrected chi connectivity index (χ0v) is 20.9. The highest BCUT2D eigenvalue weighted by Crippen LogP contribution is 2.41. The Morgan fingerprint density at radius 1 is 1.00 bits per heavy atom. The third kappa shape index (κ3) is 3.99. The Labute approximate surface area is 211 Å². The van der Waals surface area contributed by atoms with Crippen LogP contribution in [0.3, 0.4) is 0 Å². The number of anilines is 3. The van der Waals surface area contributed by atoms with E-state index < -0.39 is 17.7 Å². The van der Waals surface area contributed by atoms with Crippen LogP contribution in [0.2, 0.25) is 0 Å². The smallest absolute Gasteiger partial charge is 0.329 e. The molecule has 0 radical (unpaired) electrons. The van der Waals surface area contributed by atoms with Crippen LogP contribution in [0.15, 0.2) is 72.8 Å². The highest BCUT2D eigenvalue weighted by molar-refractivity contribution is 6.11. The maximum absolute atomic E-state index is 14.2. The Kier molecular flexibility index (Phi) is 6.18. The molecule has 0 saturated carbocycles. The van der Waals surface area contributed by atoms with Gasteiger partial charge in [-0.15, -0.1) is 0 Å². The van der Waals surface area contributed by atoms with Gasteiger partial charge in [0.05, 0.1) is 5.69 Å². The molecule has 1 fully saturated rings. The van der Waals surface area contributed by atoms with Crippen LogP contribution in [-0.4, -0.2) is 47.6 Å². The van der Waals surface area contributed by atoms with Crippen LogP contribution in [0.4, 0.5) is 21.9 Å². The summed E-state index contributed by atoms with van der Waals surface area (Å²) in [5.41, 5.74) is 2.50. The van der Waals surface area contributed by atoms with E-state index in [1.54, 1.807) is 41.3 Å². The number of piperazine rings is 1. The van der Waals surface area contributed by atoms with E-state index in [4.69, 9.17) is 0 Å². The number of aryl methyl sites for hydroxylation is 2. The second-order valence-corrected chi connectivity index (χ2v) is 9.63. The lowest BCUT2D eigenvalue weighted by atomic mass is 9.93. The van der Waals surface area contributed by atoms with Gasteiger partial charge in [-0.2, -0.15) is 0 Å². The molecule has 0 bridgehead atoms. The van der Waals surface area contributed by atoms with Crippen molar-refractivity contribution in [2.45, 2.75) is 39.0 Å². The molecular weight excluding hydrogens is 452 g/mol. The van der Waals surface area contributed by atoms with Crippen molar-refractivity contribution >= 4 is 29.0 Å². The lowest BCUT2D eigenvalue weighted by molar-refractivity contribution is -0.152. The van der Waals surface area contributed by atoms with Crippen molar-refractivity contribution in [3.05, 3.63) is 89.5 Å². The monoisotopic (exact) mass is 484 g/mol. The number of nitrogens with one attached hydrogen (secondary N) is 1. The van der Waals surface area contributed by atoms with E-state index in [9.17, 15) is 14.7 Å². The fourth-order valence-corrected chi connectivity index (χ4v) is 5.21. The molecule has 5 rings (SSSR count). The average Bonchev–Trinajstić information content (AvgIpc) is 2.89. The molecular formula is C29H32N4O3. The van der Waals surface area contributed by atoms with E-state index in [1.165, 1.54) is 10.5 Å². The zero-order chi connectivity index (χ0) is 25.4. The average molecular weight is 485 g/mol. The third-order valence-electron chi connectivity index (χ3n) is 7.25. The van der Waals surface area contributed by atoms with Crippen LogP contribution in [-0.2, 0) is 16.9 Å². The van der Waals surface area contributed by atoms with E-state index in [0.717, 1.165) is 17.7 Å². The van der Waals surface area contributed by atoms with E-state index in [2.05, 4.69) is 55.3 Å². The number of hydrogen-bond donors (Lipinski definition) is 2. The van der Waals surface area contributed by atoms with Crippen LogP contribution >= 0.6 is 0 Å². The minimum absolute atomic E-state index is 0.0407. The first-order chi connectivity index (χ1) is 17.3. The van der Waals surface area contributed by atoms with Gasteiger partial charge >= 0.3 is 6.03 Å². The first kappa shape index (κ1) is 23.9. The van der Waals surface area contributed by atoms with Gasteiger partial charge in [-0.3, -0.25) is 9.69 Å². The highest BCUT2D eigenvalue weighted by atomic mass is 16.3. The van der Waals surface area contributed by atoms with Gasteiger partial charge < -0.3 is 20.2 Å². The summed E-state index contributed by atoms with van der Waals surface area (Å²) in [6.07, 6.45) is 0.849. The minimum atomic E-state index is -2.17. The number of aliphatic hydroxyl groups is 1.